The van der Waals surface area contributed by atoms with Crippen LogP contribution >= 0.6 is 0 Å². The summed E-state index contributed by atoms with van der Waals surface area (Å²) in [6, 6.07) is 0.0168. The first kappa shape index (κ1) is 13.5. The van der Waals surface area contributed by atoms with Gasteiger partial charge in [-0.25, -0.2) is 0 Å². The van der Waals surface area contributed by atoms with Gasteiger partial charge < -0.3 is 10.8 Å². The van der Waals surface area contributed by atoms with Crippen LogP contribution in [0, 0.1) is 10.8 Å². The van der Waals surface area contributed by atoms with E-state index in [1.54, 1.807) is 0 Å². The lowest BCUT2D eigenvalue weighted by atomic mass is 9.59. The van der Waals surface area contributed by atoms with E-state index in [1.807, 2.05) is 0 Å². The molecule has 0 aliphatic heterocycles. The molecule has 1 aliphatic rings. The summed E-state index contributed by atoms with van der Waals surface area (Å²) in [5.41, 5.74) is 6.25. The van der Waals surface area contributed by atoms with Gasteiger partial charge in [0.1, 0.15) is 0 Å². The number of rotatable bonds is 4. The molecule has 1 saturated carbocycles. The lowest BCUT2D eigenvalue weighted by Crippen LogP contribution is -2.47. The second kappa shape index (κ2) is 4.74. The van der Waals surface area contributed by atoms with Crippen LogP contribution in [0.5, 0.6) is 0 Å². The van der Waals surface area contributed by atoms with E-state index in [4.69, 9.17) is 10.8 Å². The molecule has 0 heterocycles. The number of carboxylic acids is 1. The number of nitrogens with two attached hydrogens (primary N) is 1. The summed E-state index contributed by atoms with van der Waals surface area (Å²) >= 11 is 0. The zero-order valence-electron chi connectivity index (χ0n) is 10.8. The van der Waals surface area contributed by atoms with Gasteiger partial charge in [0.25, 0.3) is 0 Å². The summed E-state index contributed by atoms with van der Waals surface area (Å²) in [7, 11) is 0. The quantitative estimate of drug-likeness (QED) is 0.776. The van der Waals surface area contributed by atoms with Gasteiger partial charge in [-0.1, -0.05) is 27.2 Å². The van der Waals surface area contributed by atoms with Crippen LogP contribution in [-0.2, 0) is 4.79 Å². The molecule has 0 bridgehead atoms. The number of carbonyl (C=O) groups is 1. The molecule has 0 aromatic carbocycles. The first-order valence-corrected chi connectivity index (χ1v) is 6.29. The number of hydrogen-bond acceptors (Lipinski definition) is 2. The standard InChI is InChI=1S/C13H25NO2/c1-4-10(14)13(8-11(15)16)7-5-6-12(2,3)9-13/h10H,4-9,14H2,1-3H3,(H,15,16). The molecule has 2 unspecified atom stereocenters. The maximum absolute atomic E-state index is 11.0. The van der Waals surface area contributed by atoms with E-state index in [0.29, 0.717) is 0 Å². The molecule has 0 aromatic heterocycles. The lowest BCUT2D eigenvalue weighted by molar-refractivity contribution is -0.141. The van der Waals surface area contributed by atoms with Crippen molar-refractivity contribution in [2.45, 2.75) is 65.3 Å². The van der Waals surface area contributed by atoms with Crippen molar-refractivity contribution in [1.82, 2.24) is 0 Å². The molecule has 0 aromatic rings. The van der Waals surface area contributed by atoms with E-state index >= 15 is 0 Å². The Balaban J connectivity index is 2.89. The topological polar surface area (TPSA) is 63.3 Å². The monoisotopic (exact) mass is 227 g/mol. The minimum Gasteiger partial charge on any atom is -0.481 e. The fourth-order valence-electron chi connectivity index (χ4n) is 3.38. The molecular formula is C13H25NO2. The highest BCUT2D eigenvalue weighted by Gasteiger charge is 2.44. The molecule has 3 heteroatoms. The van der Waals surface area contributed by atoms with Crippen LogP contribution in [0.3, 0.4) is 0 Å². The number of aliphatic carboxylic acids is 1. The first-order valence-electron chi connectivity index (χ1n) is 6.29. The first-order chi connectivity index (χ1) is 7.31. The Morgan fingerprint density at radius 3 is 2.50 bits per heavy atom. The molecule has 0 amide bonds. The predicted octanol–water partition coefficient (Wildman–Crippen LogP) is 2.79. The molecule has 1 rings (SSSR count). The van der Waals surface area contributed by atoms with Crippen molar-refractivity contribution in [3.05, 3.63) is 0 Å². The van der Waals surface area contributed by atoms with E-state index in [0.717, 1.165) is 25.7 Å². The van der Waals surface area contributed by atoms with Crippen molar-refractivity contribution >= 4 is 5.97 Å². The van der Waals surface area contributed by atoms with E-state index in [-0.39, 0.29) is 23.3 Å². The van der Waals surface area contributed by atoms with Gasteiger partial charge in [-0.3, -0.25) is 4.79 Å². The molecule has 94 valence electrons. The maximum atomic E-state index is 11.0. The van der Waals surface area contributed by atoms with Crippen molar-refractivity contribution in [2.75, 3.05) is 0 Å². The summed E-state index contributed by atoms with van der Waals surface area (Å²) in [6.45, 7) is 6.51. The van der Waals surface area contributed by atoms with Gasteiger partial charge in [-0.05, 0) is 36.5 Å². The minimum atomic E-state index is -0.707. The minimum absolute atomic E-state index is 0.0168. The van der Waals surface area contributed by atoms with Crippen LogP contribution in [0.4, 0.5) is 0 Å². The lowest BCUT2D eigenvalue weighted by Gasteiger charge is -2.47. The van der Waals surface area contributed by atoms with E-state index in [1.165, 1.54) is 6.42 Å². The van der Waals surface area contributed by atoms with Crippen LogP contribution in [-0.4, -0.2) is 17.1 Å². The van der Waals surface area contributed by atoms with Crippen molar-refractivity contribution in [3.8, 4) is 0 Å². The van der Waals surface area contributed by atoms with Gasteiger partial charge in [0.2, 0.25) is 0 Å². The van der Waals surface area contributed by atoms with Crippen molar-refractivity contribution in [3.63, 3.8) is 0 Å². The fraction of sp³-hybridized carbons (Fsp3) is 0.923. The van der Waals surface area contributed by atoms with Crippen LogP contribution in [0.2, 0.25) is 0 Å². The summed E-state index contributed by atoms with van der Waals surface area (Å²) in [6.07, 6.45) is 5.30. The summed E-state index contributed by atoms with van der Waals surface area (Å²) in [4.78, 5) is 11.0. The normalized spacial score (nSPS) is 31.0. The highest BCUT2D eigenvalue weighted by Crippen LogP contribution is 2.50. The molecule has 1 fully saturated rings. The zero-order valence-corrected chi connectivity index (χ0v) is 10.8. The van der Waals surface area contributed by atoms with E-state index in [9.17, 15) is 4.79 Å². The molecule has 0 saturated heterocycles. The van der Waals surface area contributed by atoms with Crippen molar-refractivity contribution in [1.29, 1.82) is 0 Å². The zero-order chi connectivity index (χ0) is 12.4. The third-order valence-electron chi connectivity index (χ3n) is 4.09. The smallest absolute Gasteiger partial charge is 0.303 e. The Hall–Kier alpha value is -0.570. The van der Waals surface area contributed by atoms with Gasteiger partial charge >= 0.3 is 5.97 Å². The Kier molecular flexibility index (Phi) is 4.00. The summed E-state index contributed by atoms with van der Waals surface area (Å²) in [5, 5.41) is 9.09. The Morgan fingerprint density at radius 2 is 2.06 bits per heavy atom. The van der Waals surface area contributed by atoms with Gasteiger partial charge in [0, 0.05) is 6.04 Å². The highest BCUT2D eigenvalue weighted by molar-refractivity contribution is 5.68. The Bertz CT molecular complexity index is 263. The SMILES string of the molecule is CCC(N)C1(CC(=O)O)CCCC(C)(C)C1. The molecule has 16 heavy (non-hydrogen) atoms. The molecule has 2 atom stereocenters. The average Bonchev–Trinajstić information content (AvgIpc) is 2.13. The number of hydrogen-bond donors (Lipinski definition) is 2. The second-order valence-electron chi connectivity index (χ2n) is 6.14. The largest absolute Gasteiger partial charge is 0.481 e. The second-order valence-corrected chi connectivity index (χ2v) is 6.14. The maximum Gasteiger partial charge on any atom is 0.303 e. The van der Waals surface area contributed by atoms with Crippen molar-refractivity contribution in [2.24, 2.45) is 16.6 Å². The molecule has 3 nitrogen and oxygen atoms in total. The van der Waals surface area contributed by atoms with Crippen LogP contribution in [0.15, 0.2) is 0 Å². The van der Waals surface area contributed by atoms with Gasteiger partial charge in [0.05, 0.1) is 6.42 Å². The Morgan fingerprint density at radius 1 is 1.44 bits per heavy atom. The average molecular weight is 227 g/mol. The summed E-state index contributed by atoms with van der Waals surface area (Å²) in [5.74, 6) is -0.707. The van der Waals surface area contributed by atoms with Crippen molar-refractivity contribution < 1.29 is 9.90 Å². The van der Waals surface area contributed by atoms with Gasteiger partial charge in [-0.2, -0.15) is 0 Å². The molecule has 1 aliphatic carbocycles. The third-order valence-corrected chi connectivity index (χ3v) is 4.09. The molecule has 0 spiro atoms. The summed E-state index contributed by atoms with van der Waals surface area (Å²) < 4.78 is 0. The third kappa shape index (κ3) is 2.97. The molecule has 0 radical (unpaired) electrons. The van der Waals surface area contributed by atoms with Crippen LogP contribution < -0.4 is 5.73 Å². The van der Waals surface area contributed by atoms with Gasteiger partial charge in [0.15, 0.2) is 0 Å². The van der Waals surface area contributed by atoms with Crippen LogP contribution in [0.1, 0.15) is 59.3 Å². The Labute approximate surface area is 98.4 Å². The highest BCUT2D eigenvalue weighted by atomic mass is 16.4. The molecule has 3 N–H and O–H groups in total. The van der Waals surface area contributed by atoms with E-state index in [2.05, 4.69) is 20.8 Å². The van der Waals surface area contributed by atoms with Gasteiger partial charge in [-0.15, -0.1) is 0 Å². The van der Waals surface area contributed by atoms with E-state index < -0.39 is 5.97 Å². The molecular weight excluding hydrogens is 202 g/mol. The predicted molar refractivity (Wildman–Crippen MR) is 65.2 cm³/mol. The van der Waals surface area contributed by atoms with Crippen LogP contribution in [0.25, 0.3) is 0 Å². The fourth-order valence-corrected chi connectivity index (χ4v) is 3.38. The number of carboxylic acid groups (broad SMARTS) is 1.